The van der Waals surface area contributed by atoms with E-state index in [1.54, 1.807) is 6.20 Å². The largest absolute Gasteiger partial charge is 0.488 e. The van der Waals surface area contributed by atoms with E-state index in [0.717, 1.165) is 18.7 Å². The molecule has 0 saturated heterocycles. The van der Waals surface area contributed by atoms with Gasteiger partial charge in [0, 0.05) is 12.7 Å². The Morgan fingerprint density at radius 2 is 1.95 bits per heavy atom. The van der Waals surface area contributed by atoms with Crippen molar-refractivity contribution in [2.45, 2.75) is 19.9 Å². The molecule has 2 aromatic rings. The quantitative estimate of drug-likeness (QED) is 0.839. The van der Waals surface area contributed by atoms with Crippen molar-refractivity contribution < 1.29 is 9.47 Å². The normalized spacial score (nSPS) is 10.3. The summed E-state index contributed by atoms with van der Waals surface area (Å²) in [5.74, 6) is 1.93. The third-order valence-corrected chi connectivity index (χ3v) is 2.72. The van der Waals surface area contributed by atoms with E-state index in [2.05, 4.69) is 17.2 Å². The molecule has 0 bridgehead atoms. The zero-order valence-corrected chi connectivity index (χ0v) is 11.9. The van der Waals surface area contributed by atoms with Gasteiger partial charge in [0.1, 0.15) is 5.75 Å². The average Bonchev–Trinajstić information content (AvgIpc) is 2.49. The maximum absolute atomic E-state index is 5.78. The zero-order valence-electron chi connectivity index (χ0n) is 11.9. The summed E-state index contributed by atoms with van der Waals surface area (Å²) in [6.07, 6.45) is 2.65. The van der Waals surface area contributed by atoms with E-state index in [0.29, 0.717) is 18.2 Å². The monoisotopic (exact) mass is 272 g/mol. The Kier molecular flexibility index (Phi) is 5.38. The molecule has 106 valence electrons. The summed E-state index contributed by atoms with van der Waals surface area (Å²) in [6.45, 7) is 3.56. The van der Waals surface area contributed by atoms with Crippen molar-refractivity contribution in [3.05, 3.63) is 48.2 Å². The van der Waals surface area contributed by atoms with Gasteiger partial charge in [0.05, 0.1) is 6.61 Å². The van der Waals surface area contributed by atoms with E-state index in [1.807, 2.05) is 43.4 Å². The number of pyridine rings is 1. The van der Waals surface area contributed by atoms with Crippen LogP contribution in [0.5, 0.6) is 17.4 Å². The van der Waals surface area contributed by atoms with Crippen LogP contribution in [0, 0.1) is 0 Å². The molecule has 4 nitrogen and oxygen atoms in total. The lowest BCUT2D eigenvalue weighted by Gasteiger charge is -2.11. The summed E-state index contributed by atoms with van der Waals surface area (Å²) in [5, 5.41) is 3.11. The SMILES string of the molecule is CCCOc1cccnc1Oc1ccc(CNC)cc1. The molecule has 0 amide bonds. The number of ether oxygens (including phenoxy) is 2. The fourth-order valence-electron chi connectivity index (χ4n) is 1.77. The van der Waals surface area contributed by atoms with Gasteiger partial charge in [-0.2, -0.15) is 0 Å². The first-order valence-electron chi connectivity index (χ1n) is 6.82. The van der Waals surface area contributed by atoms with Gasteiger partial charge in [-0.3, -0.25) is 0 Å². The van der Waals surface area contributed by atoms with Crippen LogP contribution in [0.25, 0.3) is 0 Å². The Labute approximate surface area is 119 Å². The summed E-state index contributed by atoms with van der Waals surface area (Å²) in [4.78, 5) is 4.23. The summed E-state index contributed by atoms with van der Waals surface area (Å²) in [5.41, 5.74) is 1.21. The number of rotatable bonds is 7. The van der Waals surface area contributed by atoms with E-state index in [9.17, 15) is 0 Å². The Bertz CT molecular complexity index is 526. The summed E-state index contributed by atoms with van der Waals surface area (Å²) in [6, 6.07) is 11.6. The first kappa shape index (κ1) is 14.3. The van der Waals surface area contributed by atoms with Crippen LogP contribution in [0.3, 0.4) is 0 Å². The van der Waals surface area contributed by atoms with Crippen LogP contribution >= 0.6 is 0 Å². The second kappa shape index (κ2) is 7.50. The van der Waals surface area contributed by atoms with E-state index in [1.165, 1.54) is 5.56 Å². The highest BCUT2D eigenvalue weighted by Gasteiger charge is 2.07. The van der Waals surface area contributed by atoms with Gasteiger partial charge in [-0.05, 0) is 43.3 Å². The van der Waals surface area contributed by atoms with Gasteiger partial charge in [0.25, 0.3) is 5.88 Å². The number of aromatic nitrogens is 1. The van der Waals surface area contributed by atoms with Crippen LogP contribution in [-0.4, -0.2) is 18.6 Å². The van der Waals surface area contributed by atoms with Crippen molar-refractivity contribution in [1.29, 1.82) is 0 Å². The molecule has 0 aliphatic heterocycles. The smallest absolute Gasteiger partial charge is 0.262 e. The number of nitrogens with one attached hydrogen (secondary N) is 1. The molecule has 0 unspecified atom stereocenters. The second-order valence-corrected chi connectivity index (χ2v) is 4.43. The summed E-state index contributed by atoms with van der Waals surface area (Å²) < 4.78 is 11.4. The van der Waals surface area contributed by atoms with E-state index < -0.39 is 0 Å². The highest BCUT2D eigenvalue weighted by molar-refractivity contribution is 5.37. The molecule has 1 N–H and O–H groups in total. The van der Waals surface area contributed by atoms with Crippen molar-refractivity contribution in [1.82, 2.24) is 10.3 Å². The van der Waals surface area contributed by atoms with Crippen LogP contribution in [0.2, 0.25) is 0 Å². The zero-order chi connectivity index (χ0) is 14.2. The molecule has 0 atom stereocenters. The minimum absolute atomic E-state index is 0.502. The molecule has 0 aliphatic carbocycles. The molecule has 1 heterocycles. The molecular weight excluding hydrogens is 252 g/mol. The third kappa shape index (κ3) is 3.96. The second-order valence-electron chi connectivity index (χ2n) is 4.43. The Balaban J connectivity index is 2.08. The Morgan fingerprint density at radius 1 is 1.15 bits per heavy atom. The van der Waals surface area contributed by atoms with Gasteiger partial charge in [0.15, 0.2) is 5.75 Å². The Morgan fingerprint density at radius 3 is 2.65 bits per heavy atom. The predicted molar refractivity (Wildman–Crippen MR) is 79.3 cm³/mol. The lowest BCUT2D eigenvalue weighted by Crippen LogP contribution is -2.04. The van der Waals surface area contributed by atoms with E-state index in [-0.39, 0.29) is 0 Å². The minimum atomic E-state index is 0.502. The lowest BCUT2D eigenvalue weighted by molar-refractivity contribution is 0.298. The number of hydrogen-bond acceptors (Lipinski definition) is 4. The van der Waals surface area contributed by atoms with Crippen LogP contribution < -0.4 is 14.8 Å². The van der Waals surface area contributed by atoms with Crippen LogP contribution in [-0.2, 0) is 6.54 Å². The molecule has 1 aromatic carbocycles. The van der Waals surface area contributed by atoms with Gasteiger partial charge >= 0.3 is 0 Å². The fraction of sp³-hybridized carbons (Fsp3) is 0.312. The van der Waals surface area contributed by atoms with E-state index in [4.69, 9.17) is 9.47 Å². The molecule has 1 aromatic heterocycles. The van der Waals surface area contributed by atoms with Crippen LogP contribution in [0.1, 0.15) is 18.9 Å². The molecule has 0 spiro atoms. The number of nitrogens with zero attached hydrogens (tertiary/aromatic N) is 1. The highest BCUT2D eigenvalue weighted by atomic mass is 16.5. The van der Waals surface area contributed by atoms with Crippen molar-refractivity contribution in [3.63, 3.8) is 0 Å². The first-order valence-corrected chi connectivity index (χ1v) is 6.82. The molecular formula is C16H20N2O2. The van der Waals surface area contributed by atoms with Crippen LogP contribution in [0.4, 0.5) is 0 Å². The molecule has 20 heavy (non-hydrogen) atoms. The molecule has 2 rings (SSSR count). The van der Waals surface area contributed by atoms with Crippen LogP contribution in [0.15, 0.2) is 42.6 Å². The third-order valence-electron chi connectivity index (χ3n) is 2.72. The van der Waals surface area contributed by atoms with Gasteiger partial charge in [-0.25, -0.2) is 4.98 Å². The van der Waals surface area contributed by atoms with Crippen molar-refractivity contribution in [3.8, 4) is 17.4 Å². The van der Waals surface area contributed by atoms with E-state index >= 15 is 0 Å². The summed E-state index contributed by atoms with van der Waals surface area (Å²) >= 11 is 0. The van der Waals surface area contributed by atoms with Crippen molar-refractivity contribution in [2.24, 2.45) is 0 Å². The minimum Gasteiger partial charge on any atom is -0.488 e. The fourth-order valence-corrected chi connectivity index (χ4v) is 1.77. The average molecular weight is 272 g/mol. The maximum Gasteiger partial charge on any atom is 0.262 e. The number of hydrogen-bond donors (Lipinski definition) is 1. The molecule has 0 fully saturated rings. The van der Waals surface area contributed by atoms with Gasteiger partial charge in [0.2, 0.25) is 0 Å². The molecule has 0 radical (unpaired) electrons. The van der Waals surface area contributed by atoms with Gasteiger partial charge in [-0.1, -0.05) is 19.1 Å². The van der Waals surface area contributed by atoms with Gasteiger partial charge in [-0.15, -0.1) is 0 Å². The predicted octanol–water partition coefficient (Wildman–Crippen LogP) is 3.38. The summed E-state index contributed by atoms with van der Waals surface area (Å²) in [7, 11) is 1.93. The topological polar surface area (TPSA) is 43.4 Å². The first-order chi connectivity index (χ1) is 9.83. The van der Waals surface area contributed by atoms with Crippen molar-refractivity contribution in [2.75, 3.05) is 13.7 Å². The molecule has 0 aliphatic rings. The molecule has 4 heteroatoms. The maximum atomic E-state index is 5.78. The highest BCUT2D eigenvalue weighted by Crippen LogP contribution is 2.28. The Hall–Kier alpha value is -2.07. The van der Waals surface area contributed by atoms with Crippen molar-refractivity contribution >= 4 is 0 Å². The standard InChI is InChI=1S/C16H20N2O2/c1-3-11-19-15-5-4-10-18-16(15)20-14-8-6-13(7-9-14)12-17-2/h4-10,17H,3,11-12H2,1-2H3. The van der Waals surface area contributed by atoms with Gasteiger partial charge < -0.3 is 14.8 Å². The number of benzene rings is 1. The lowest BCUT2D eigenvalue weighted by atomic mass is 10.2. The molecule has 0 saturated carbocycles.